The molecule has 1 unspecified atom stereocenters. The first-order valence-electron chi connectivity index (χ1n) is 33.7. The van der Waals surface area contributed by atoms with Gasteiger partial charge in [0.1, 0.15) is 28.8 Å². The highest BCUT2D eigenvalue weighted by Crippen LogP contribution is 2.39. The lowest BCUT2D eigenvalue weighted by atomic mass is 9.88. The molecule has 6 aromatic rings. The summed E-state index contributed by atoms with van der Waals surface area (Å²) < 4.78 is 49.6. The number of rotatable bonds is 39. The summed E-state index contributed by atoms with van der Waals surface area (Å²) in [4.78, 5) is 77.4. The Morgan fingerprint density at radius 1 is 0.750 bits per heavy atom. The minimum absolute atomic E-state index is 0.0731. The summed E-state index contributed by atoms with van der Waals surface area (Å²) in [5.41, 5.74) is 7.45. The second kappa shape index (κ2) is 35.9. The largest absolute Gasteiger partial charge is 0.493 e. The topological polar surface area (TPSA) is 241 Å². The van der Waals surface area contributed by atoms with Crippen molar-refractivity contribution in [1.82, 2.24) is 29.2 Å². The van der Waals surface area contributed by atoms with E-state index in [0.717, 1.165) is 125 Å². The van der Waals surface area contributed by atoms with Gasteiger partial charge in [-0.3, -0.25) is 42.8 Å². The molecule has 2 aliphatic rings. The van der Waals surface area contributed by atoms with Crippen molar-refractivity contribution in [3.63, 3.8) is 0 Å². The number of unbranched alkanes of at least 4 members (excludes halogenated alkanes) is 6. The molecule has 0 bridgehead atoms. The number of hydrogen-bond acceptors (Lipinski definition) is 17. The Morgan fingerprint density at radius 2 is 1.44 bits per heavy atom. The standard InChI is InChI=1S/C74H98N10O11S/c1-11-35-93-56-41-57(43-58(42-56)95-70-46-66-65(81(7)74(89)82(66)8)45-64(70)79-96(90)59-23-26-69(91-9)71(44-59)92-10)94-36-19-18-29-80(6)49-55(85)20-16-14-12-13-15-17-21-73(88)76-28-30-83-31-33-84(34-32-83)72-27-22-53(48-77-72)54-39-61(62(47-75)63(40-54)78-50(2)3)67(86)25-24-60-52(5)37-51(4)38-68(60)87/h22-23,26-27,37,39-48,50,75,78-79H,11-21,24-25,28-36,38,49H2,1-10H3,(H,76,88). The molecule has 8 rings (SSSR count). The van der Waals surface area contributed by atoms with Crippen LogP contribution in [0.3, 0.4) is 0 Å². The number of aryl methyl sites for hydroxylation is 2. The average Bonchev–Trinajstić information content (AvgIpc) is 1.56. The molecule has 0 spiro atoms. The maximum absolute atomic E-state index is 13.9. The van der Waals surface area contributed by atoms with E-state index in [1.54, 1.807) is 56.6 Å². The van der Waals surface area contributed by atoms with E-state index in [2.05, 4.69) is 30.1 Å². The van der Waals surface area contributed by atoms with Crippen molar-refractivity contribution in [3.05, 3.63) is 123 Å². The van der Waals surface area contributed by atoms with Crippen LogP contribution in [0.25, 0.3) is 22.2 Å². The van der Waals surface area contributed by atoms with Crippen LogP contribution in [0.1, 0.15) is 140 Å². The first-order valence-corrected chi connectivity index (χ1v) is 34.9. The molecule has 1 amide bonds. The van der Waals surface area contributed by atoms with Gasteiger partial charge in [0.25, 0.3) is 0 Å². The van der Waals surface area contributed by atoms with E-state index in [9.17, 15) is 28.2 Å². The number of nitrogens with zero attached hydrogens (tertiary/aromatic N) is 6. The normalized spacial score (nSPS) is 13.9. The number of carbonyl (C=O) groups excluding carboxylic acids is 4. The van der Waals surface area contributed by atoms with E-state index in [1.807, 2.05) is 84.3 Å². The van der Waals surface area contributed by atoms with Gasteiger partial charge in [0.15, 0.2) is 39.8 Å². The minimum atomic E-state index is -1.77. The van der Waals surface area contributed by atoms with E-state index in [-0.39, 0.29) is 41.4 Å². The maximum atomic E-state index is 13.9. The van der Waals surface area contributed by atoms with Crippen molar-refractivity contribution in [2.75, 3.05) is 102 Å². The molecule has 22 heteroatoms. The van der Waals surface area contributed by atoms with E-state index >= 15 is 0 Å². The highest BCUT2D eigenvalue weighted by molar-refractivity contribution is 7.86. The number of fused-ring (bicyclic) bond motifs is 1. The number of piperazine rings is 1. The summed E-state index contributed by atoms with van der Waals surface area (Å²) in [5.74, 6) is 3.95. The number of ketones is 3. The van der Waals surface area contributed by atoms with Crippen LogP contribution < -0.4 is 49.6 Å². The third-order valence-electron chi connectivity index (χ3n) is 17.4. The molecule has 516 valence electrons. The lowest BCUT2D eigenvalue weighted by molar-refractivity contribution is -0.121. The van der Waals surface area contributed by atoms with Gasteiger partial charge in [0, 0.05) is 150 Å². The molecule has 1 fully saturated rings. The SMILES string of the molecule is CCCOc1cc(OCCCCN(C)CC(=O)CCCCCCCCC(=O)NCCN2CCN(c3ccc(-c4cc(NC(C)C)c(C=N)c(C(=O)CCC5=C(C)C=C(C)CC5=O)c4)cn3)CC2)cc(Oc2cc3c(cc2NS(=O)c2ccc(OC)c(OC)c2)n(C)c(=O)n3C)c1. The molecule has 0 radical (unpaired) electrons. The molecule has 3 heterocycles. The van der Waals surface area contributed by atoms with Crippen LogP contribution in [-0.2, 0) is 39.5 Å². The number of amides is 1. The number of pyridine rings is 1. The van der Waals surface area contributed by atoms with E-state index in [4.69, 9.17) is 34.1 Å². The number of allylic oxidation sites excluding steroid dienone is 4. The van der Waals surface area contributed by atoms with Crippen molar-refractivity contribution in [3.8, 4) is 45.6 Å². The molecule has 4 N–H and O–H groups in total. The number of nitrogens with one attached hydrogen (secondary N) is 4. The van der Waals surface area contributed by atoms with Crippen LogP contribution in [0.2, 0.25) is 0 Å². The number of Topliss-reactive ketones (excluding diaryl/α,β-unsaturated/α-hetero) is 3. The van der Waals surface area contributed by atoms with Crippen LogP contribution in [0.5, 0.6) is 34.5 Å². The second-order valence-electron chi connectivity index (χ2n) is 25.4. The minimum Gasteiger partial charge on any atom is -0.493 e. The smallest absolute Gasteiger partial charge is 0.328 e. The van der Waals surface area contributed by atoms with Gasteiger partial charge in [-0.25, -0.2) is 14.0 Å². The number of hydrogen-bond donors (Lipinski definition) is 4. The first-order chi connectivity index (χ1) is 46.2. The second-order valence-corrected chi connectivity index (χ2v) is 26.6. The Hall–Kier alpha value is -8.60. The highest BCUT2D eigenvalue weighted by Gasteiger charge is 2.24. The van der Waals surface area contributed by atoms with Crippen molar-refractivity contribution in [1.29, 1.82) is 5.41 Å². The fourth-order valence-corrected chi connectivity index (χ4v) is 13.0. The molecule has 1 aliphatic heterocycles. The molecule has 2 aromatic heterocycles. The summed E-state index contributed by atoms with van der Waals surface area (Å²) in [6.45, 7) is 16.7. The summed E-state index contributed by atoms with van der Waals surface area (Å²) in [7, 11) is 6.62. The molecule has 21 nitrogen and oxygen atoms in total. The third kappa shape index (κ3) is 20.5. The maximum Gasteiger partial charge on any atom is 0.328 e. The molecule has 1 saturated heterocycles. The van der Waals surface area contributed by atoms with Crippen LogP contribution in [0.15, 0.2) is 111 Å². The van der Waals surface area contributed by atoms with E-state index in [1.165, 1.54) is 29.6 Å². The monoisotopic (exact) mass is 1330 g/mol. The lowest BCUT2D eigenvalue weighted by Gasteiger charge is -2.35. The summed E-state index contributed by atoms with van der Waals surface area (Å²) in [5, 5.41) is 14.8. The van der Waals surface area contributed by atoms with Gasteiger partial charge in [0.05, 0.1) is 55.6 Å². The zero-order chi connectivity index (χ0) is 68.8. The van der Waals surface area contributed by atoms with Gasteiger partial charge in [0.2, 0.25) is 5.91 Å². The molecule has 4 aromatic carbocycles. The number of methoxy groups -OCH3 is 2. The number of likely N-dealkylation sites (N-methyl/N-ethyl adjacent to an activating group) is 1. The quantitative estimate of drug-likeness (QED) is 0.0159. The van der Waals surface area contributed by atoms with Gasteiger partial charge in [-0.05, 0) is 139 Å². The summed E-state index contributed by atoms with van der Waals surface area (Å²) >= 11 is 0. The number of aromatic nitrogens is 3. The Balaban J connectivity index is 0.686. The molecule has 0 saturated carbocycles. The van der Waals surface area contributed by atoms with Gasteiger partial charge >= 0.3 is 5.69 Å². The Kier molecular flexibility index (Phi) is 27.4. The van der Waals surface area contributed by atoms with Gasteiger partial charge in [-0.15, -0.1) is 0 Å². The Labute approximate surface area is 568 Å². The van der Waals surface area contributed by atoms with Crippen molar-refractivity contribution in [2.24, 2.45) is 14.1 Å². The Bertz CT molecular complexity index is 3850. The third-order valence-corrected chi connectivity index (χ3v) is 18.5. The van der Waals surface area contributed by atoms with Gasteiger partial charge < -0.3 is 44.6 Å². The predicted molar refractivity (Wildman–Crippen MR) is 382 cm³/mol. The summed E-state index contributed by atoms with van der Waals surface area (Å²) in [6, 6.07) is 21.8. The fourth-order valence-electron chi connectivity index (χ4n) is 12.2. The van der Waals surface area contributed by atoms with Crippen LogP contribution in [0.4, 0.5) is 17.2 Å². The van der Waals surface area contributed by atoms with Crippen molar-refractivity contribution in [2.45, 2.75) is 135 Å². The molecular formula is C74H98N10O11S. The predicted octanol–water partition coefficient (Wildman–Crippen LogP) is 12.4. The number of carbonyl (C=O) groups is 4. The van der Waals surface area contributed by atoms with E-state index in [0.29, 0.717) is 130 Å². The number of ether oxygens (including phenoxy) is 5. The molecule has 1 atom stereocenters. The molecular weight excluding hydrogens is 1240 g/mol. The molecule has 96 heavy (non-hydrogen) atoms. The van der Waals surface area contributed by atoms with Crippen LogP contribution >= 0.6 is 0 Å². The average molecular weight is 1340 g/mol. The van der Waals surface area contributed by atoms with E-state index < -0.39 is 11.0 Å². The zero-order valence-electron chi connectivity index (χ0n) is 57.8. The van der Waals surface area contributed by atoms with Gasteiger partial charge in [-0.1, -0.05) is 44.3 Å². The van der Waals surface area contributed by atoms with Crippen molar-refractivity contribution >= 4 is 68.7 Å². The lowest BCUT2D eigenvalue weighted by Crippen LogP contribution is -2.48. The van der Waals surface area contributed by atoms with Crippen molar-refractivity contribution < 1.29 is 47.1 Å². The Morgan fingerprint density at radius 3 is 2.10 bits per heavy atom. The number of anilines is 3. The van der Waals surface area contributed by atoms with Crippen LogP contribution in [-0.4, -0.2) is 150 Å². The number of benzene rings is 4. The fraction of sp³-hybridized carbons (Fsp3) is 0.473. The highest BCUT2D eigenvalue weighted by atomic mass is 32.2. The molecule has 1 aliphatic carbocycles. The van der Waals surface area contributed by atoms with Gasteiger partial charge in [-0.2, -0.15) is 0 Å². The number of imidazole rings is 1. The first kappa shape index (κ1) is 73.2. The zero-order valence-corrected chi connectivity index (χ0v) is 58.6. The van der Waals surface area contributed by atoms with Crippen LogP contribution in [0, 0.1) is 5.41 Å². The summed E-state index contributed by atoms with van der Waals surface area (Å²) in [6.07, 6.45) is 15.2.